The molecule has 1 saturated heterocycles. The number of benzene rings is 3. The van der Waals surface area contributed by atoms with Crippen molar-refractivity contribution in [3.8, 4) is 11.1 Å². The number of sulfonamides is 1. The fraction of sp³-hybridized carbons (Fsp3) is 0.240. The monoisotopic (exact) mass is 449 g/mol. The molecule has 4 rings (SSSR count). The maximum atomic E-state index is 12.6. The lowest BCUT2D eigenvalue weighted by atomic mass is 10.1. The average Bonchev–Trinajstić information content (AvgIpc) is 3.36. The normalized spacial score (nSPS) is 15.3. The van der Waals surface area contributed by atoms with Gasteiger partial charge < -0.3 is 10.6 Å². The fourth-order valence-electron chi connectivity index (χ4n) is 3.74. The molecule has 1 fully saturated rings. The van der Waals surface area contributed by atoms with Gasteiger partial charge in [0.2, 0.25) is 15.9 Å². The second-order valence-electron chi connectivity index (χ2n) is 7.93. The molecule has 0 aromatic heterocycles. The van der Waals surface area contributed by atoms with Crippen LogP contribution < -0.4 is 10.6 Å². The largest absolute Gasteiger partial charge is 0.374 e. The predicted molar refractivity (Wildman–Crippen MR) is 128 cm³/mol. The van der Waals surface area contributed by atoms with E-state index >= 15 is 0 Å². The third-order valence-corrected chi connectivity index (χ3v) is 7.51. The highest BCUT2D eigenvalue weighted by Gasteiger charge is 2.27. The summed E-state index contributed by atoms with van der Waals surface area (Å²) in [6.45, 7) is 2.92. The summed E-state index contributed by atoms with van der Waals surface area (Å²) in [7, 11) is -3.46. The number of hydrogen-bond acceptors (Lipinski definition) is 4. The van der Waals surface area contributed by atoms with E-state index in [1.807, 2.05) is 42.5 Å². The second-order valence-corrected chi connectivity index (χ2v) is 9.87. The van der Waals surface area contributed by atoms with E-state index in [2.05, 4.69) is 22.8 Å². The molecular formula is C25H27N3O3S. The number of carbonyl (C=O) groups is 1. The van der Waals surface area contributed by atoms with Crippen molar-refractivity contribution in [2.45, 2.75) is 30.7 Å². The minimum atomic E-state index is -3.46. The number of hydrogen-bond donors (Lipinski definition) is 2. The van der Waals surface area contributed by atoms with Crippen LogP contribution >= 0.6 is 0 Å². The molecule has 1 aliphatic heterocycles. The highest BCUT2D eigenvalue weighted by Crippen LogP contribution is 2.23. The number of nitrogens with one attached hydrogen (secondary N) is 2. The first-order valence-electron chi connectivity index (χ1n) is 10.8. The van der Waals surface area contributed by atoms with E-state index in [0.29, 0.717) is 18.8 Å². The van der Waals surface area contributed by atoms with Crippen molar-refractivity contribution in [1.82, 2.24) is 4.31 Å². The van der Waals surface area contributed by atoms with Gasteiger partial charge in [-0.15, -0.1) is 0 Å². The first-order valence-corrected chi connectivity index (χ1v) is 12.2. The number of carbonyl (C=O) groups excluding carboxylic acids is 1. The third kappa shape index (κ3) is 5.00. The summed E-state index contributed by atoms with van der Waals surface area (Å²) in [5.74, 6) is -0.202. The van der Waals surface area contributed by atoms with Crippen LogP contribution in [0.15, 0.2) is 83.8 Å². The lowest BCUT2D eigenvalue weighted by molar-refractivity contribution is -0.116. The van der Waals surface area contributed by atoms with Crippen molar-refractivity contribution in [1.29, 1.82) is 0 Å². The average molecular weight is 450 g/mol. The number of anilines is 2. The van der Waals surface area contributed by atoms with E-state index in [4.69, 9.17) is 0 Å². The fourth-order valence-corrected chi connectivity index (χ4v) is 5.26. The number of rotatable bonds is 7. The molecule has 6 nitrogen and oxygen atoms in total. The van der Waals surface area contributed by atoms with Crippen LogP contribution in [0.4, 0.5) is 11.4 Å². The van der Waals surface area contributed by atoms with Gasteiger partial charge in [0.25, 0.3) is 0 Å². The summed E-state index contributed by atoms with van der Waals surface area (Å²) in [6.07, 6.45) is 1.79. The third-order valence-electron chi connectivity index (χ3n) is 5.59. The van der Waals surface area contributed by atoms with E-state index in [-0.39, 0.29) is 10.8 Å². The SMILES string of the molecule is CC(Nc1ccc(-c2ccccc2)cc1)C(=O)Nc1ccc(S(=O)(=O)N2CCCC2)cc1. The smallest absolute Gasteiger partial charge is 0.246 e. The van der Waals surface area contributed by atoms with Crippen LogP contribution in [0.3, 0.4) is 0 Å². The lowest BCUT2D eigenvalue weighted by Gasteiger charge is -2.17. The zero-order chi connectivity index (χ0) is 22.6. The molecule has 0 bridgehead atoms. The molecule has 0 saturated carbocycles. The van der Waals surface area contributed by atoms with Crippen LogP contribution in [0.2, 0.25) is 0 Å². The van der Waals surface area contributed by atoms with Crippen LogP contribution in [0.5, 0.6) is 0 Å². The molecular weight excluding hydrogens is 422 g/mol. The molecule has 1 unspecified atom stereocenters. The van der Waals surface area contributed by atoms with Crippen molar-refractivity contribution in [3.63, 3.8) is 0 Å². The molecule has 1 amide bonds. The zero-order valence-corrected chi connectivity index (χ0v) is 18.8. The Morgan fingerprint density at radius 1 is 0.812 bits per heavy atom. The molecule has 0 spiro atoms. The van der Waals surface area contributed by atoms with Crippen molar-refractivity contribution in [3.05, 3.63) is 78.9 Å². The molecule has 166 valence electrons. The summed E-state index contributed by atoms with van der Waals surface area (Å²) < 4.78 is 26.8. The number of amides is 1. The van der Waals surface area contributed by atoms with Gasteiger partial charge in [0, 0.05) is 24.5 Å². The van der Waals surface area contributed by atoms with E-state index in [0.717, 1.165) is 29.7 Å². The van der Waals surface area contributed by atoms with E-state index < -0.39 is 16.1 Å². The Morgan fingerprint density at radius 2 is 1.38 bits per heavy atom. The summed E-state index contributed by atoms with van der Waals surface area (Å²) in [6, 6.07) is 23.9. The van der Waals surface area contributed by atoms with Crippen molar-refractivity contribution < 1.29 is 13.2 Å². The molecule has 1 aliphatic rings. The minimum Gasteiger partial charge on any atom is -0.374 e. The molecule has 3 aromatic carbocycles. The molecule has 32 heavy (non-hydrogen) atoms. The quantitative estimate of drug-likeness (QED) is 0.554. The van der Waals surface area contributed by atoms with E-state index in [1.54, 1.807) is 31.2 Å². The van der Waals surface area contributed by atoms with Gasteiger partial charge in [-0.05, 0) is 67.3 Å². The minimum absolute atomic E-state index is 0.202. The Balaban J connectivity index is 1.35. The Bertz CT molecular complexity index is 1160. The van der Waals surface area contributed by atoms with Gasteiger partial charge in [0.1, 0.15) is 6.04 Å². The van der Waals surface area contributed by atoms with Crippen molar-refractivity contribution in [2.24, 2.45) is 0 Å². The maximum absolute atomic E-state index is 12.6. The first-order chi connectivity index (χ1) is 15.4. The van der Waals surface area contributed by atoms with Crippen LogP contribution in [-0.4, -0.2) is 37.8 Å². The van der Waals surface area contributed by atoms with Crippen LogP contribution in [0, 0.1) is 0 Å². The zero-order valence-electron chi connectivity index (χ0n) is 18.0. The van der Waals surface area contributed by atoms with Crippen LogP contribution in [0.25, 0.3) is 11.1 Å². The van der Waals surface area contributed by atoms with Gasteiger partial charge in [-0.2, -0.15) is 4.31 Å². The molecule has 1 atom stereocenters. The van der Waals surface area contributed by atoms with E-state index in [1.165, 1.54) is 4.31 Å². The van der Waals surface area contributed by atoms with Crippen LogP contribution in [-0.2, 0) is 14.8 Å². The van der Waals surface area contributed by atoms with Gasteiger partial charge >= 0.3 is 0 Å². The Labute approximate surface area is 189 Å². The number of nitrogens with zero attached hydrogens (tertiary/aromatic N) is 1. The second kappa shape index (κ2) is 9.54. The van der Waals surface area contributed by atoms with Gasteiger partial charge in [-0.1, -0.05) is 42.5 Å². The predicted octanol–water partition coefficient (Wildman–Crippen LogP) is 4.58. The van der Waals surface area contributed by atoms with E-state index in [9.17, 15) is 13.2 Å². The Kier molecular flexibility index (Phi) is 6.58. The molecule has 2 N–H and O–H groups in total. The molecule has 7 heteroatoms. The molecule has 3 aromatic rings. The van der Waals surface area contributed by atoms with Gasteiger partial charge in [0.05, 0.1) is 4.90 Å². The summed E-state index contributed by atoms with van der Waals surface area (Å²) >= 11 is 0. The van der Waals surface area contributed by atoms with Crippen molar-refractivity contribution >= 4 is 27.3 Å². The topological polar surface area (TPSA) is 78.5 Å². The lowest BCUT2D eigenvalue weighted by Crippen LogP contribution is -2.32. The molecule has 0 radical (unpaired) electrons. The standard InChI is InChI=1S/C25H27N3O3S/c1-19(26-22-11-9-21(10-12-22)20-7-3-2-4-8-20)25(29)27-23-13-15-24(16-14-23)32(30,31)28-17-5-6-18-28/h2-4,7-16,19,26H,5-6,17-18H2,1H3,(H,27,29). The Hall–Kier alpha value is -3.16. The van der Waals surface area contributed by atoms with Gasteiger partial charge in [-0.3, -0.25) is 4.79 Å². The van der Waals surface area contributed by atoms with Gasteiger partial charge in [0.15, 0.2) is 0 Å². The first kappa shape index (κ1) is 22.0. The van der Waals surface area contributed by atoms with Gasteiger partial charge in [-0.25, -0.2) is 8.42 Å². The molecule has 1 heterocycles. The highest BCUT2D eigenvalue weighted by molar-refractivity contribution is 7.89. The van der Waals surface area contributed by atoms with Crippen LogP contribution in [0.1, 0.15) is 19.8 Å². The molecule has 0 aliphatic carbocycles. The Morgan fingerprint density at radius 3 is 2.00 bits per heavy atom. The van der Waals surface area contributed by atoms with Crippen molar-refractivity contribution in [2.75, 3.05) is 23.7 Å². The summed E-state index contributed by atoms with van der Waals surface area (Å²) in [4.78, 5) is 12.8. The summed E-state index contributed by atoms with van der Waals surface area (Å²) in [5.41, 5.74) is 3.65. The highest BCUT2D eigenvalue weighted by atomic mass is 32.2. The summed E-state index contributed by atoms with van der Waals surface area (Å²) in [5, 5.41) is 6.04. The maximum Gasteiger partial charge on any atom is 0.246 e.